The number of carbonyl (C=O) groups excluding carboxylic acids is 1. The van der Waals surface area contributed by atoms with Gasteiger partial charge in [-0.25, -0.2) is 4.79 Å². The highest BCUT2D eigenvalue weighted by Gasteiger charge is 2.17. The fraction of sp³-hybridized carbons (Fsp3) is 0.0833. The lowest BCUT2D eigenvalue weighted by Crippen LogP contribution is -2.23. The van der Waals surface area contributed by atoms with E-state index in [2.05, 4.69) is 31.4 Å². The normalized spacial score (nSPS) is 10.3. The minimum Gasteiger partial charge on any atom is -0.476 e. The fourth-order valence-electron chi connectivity index (χ4n) is 1.53. The molecule has 0 saturated heterocycles. The summed E-state index contributed by atoms with van der Waals surface area (Å²) in [5, 5.41) is 18.0. The van der Waals surface area contributed by atoms with Crippen LogP contribution in [0.25, 0.3) is 0 Å². The third kappa shape index (κ3) is 3.00. The molecule has 0 fully saturated rings. The molecule has 1 amide bonds. The first-order valence-electron chi connectivity index (χ1n) is 5.49. The zero-order valence-electron chi connectivity index (χ0n) is 9.98. The first-order valence-corrected chi connectivity index (χ1v) is 6.66. The van der Waals surface area contributed by atoms with E-state index in [1.54, 1.807) is 24.3 Å². The molecule has 1 heterocycles. The number of benzene rings is 1. The second-order valence-electron chi connectivity index (χ2n) is 3.83. The number of halogens is 2. The van der Waals surface area contributed by atoms with E-state index in [0.717, 1.165) is 0 Å². The molecule has 2 aromatic rings. The molecule has 1 aromatic heterocycles. The molecule has 0 aliphatic carbocycles. The molecule has 6 nitrogen and oxygen atoms in total. The van der Waals surface area contributed by atoms with Crippen molar-refractivity contribution in [2.24, 2.45) is 0 Å². The Morgan fingerprint density at radius 2 is 2.10 bits per heavy atom. The summed E-state index contributed by atoms with van der Waals surface area (Å²) >= 11 is 9.03. The number of rotatable bonds is 4. The Balaban J connectivity index is 2.08. The van der Waals surface area contributed by atoms with E-state index in [9.17, 15) is 9.59 Å². The zero-order chi connectivity index (χ0) is 14.7. The van der Waals surface area contributed by atoms with Gasteiger partial charge in [-0.1, -0.05) is 23.7 Å². The molecule has 1 aromatic carbocycles. The number of carboxylic acid groups (broad SMARTS) is 1. The summed E-state index contributed by atoms with van der Waals surface area (Å²) in [6.45, 7) is 0.102. The van der Waals surface area contributed by atoms with Gasteiger partial charge in [-0.15, -0.1) is 0 Å². The molecular formula is C12H9BrClN3O3. The Morgan fingerprint density at radius 3 is 2.70 bits per heavy atom. The fourth-order valence-corrected chi connectivity index (χ4v) is 2.24. The highest BCUT2D eigenvalue weighted by atomic mass is 79.9. The van der Waals surface area contributed by atoms with Crippen LogP contribution in [0.3, 0.4) is 0 Å². The lowest BCUT2D eigenvalue weighted by molar-refractivity contribution is 0.0689. The Bertz CT molecular complexity index is 672. The summed E-state index contributed by atoms with van der Waals surface area (Å²) in [5.41, 5.74) is 0.679. The van der Waals surface area contributed by atoms with E-state index in [-0.39, 0.29) is 18.1 Å². The minimum atomic E-state index is -1.16. The Hall–Kier alpha value is -1.86. The Kier molecular flexibility index (Phi) is 4.41. The van der Waals surface area contributed by atoms with Crippen molar-refractivity contribution in [3.63, 3.8) is 0 Å². The predicted molar refractivity (Wildman–Crippen MR) is 75.9 cm³/mol. The van der Waals surface area contributed by atoms with Crippen molar-refractivity contribution in [1.29, 1.82) is 0 Å². The quantitative estimate of drug-likeness (QED) is 0.782. The van der Waals surface area contributed by atoms with Gasteiger partial charge in [-0.05, 0) is 28.1 Å². The molecule has 0 aliphatic rings. The topological polar surface area (TPSA) is 95.1 Å². The van der Waals surface area contributed by atoms with Gasteiger partial charge in [0.1, 0.15) is 0 Å². The van der Waals surface area contributed by atoms with Crippen LogP contribution in [0, 0.1) is 0 Å². The van der Waals surface area contributed by atoms with E-state index in [0.29, 0.717) is 20.8 Å². The Morgan fingerprint density at radius 1 is 1.40 bits per heavy atom. The van der Waals surface area contributed by atoms with Crippen molar-refractivity contribution < 1.29 is 14.7 Å². The molecule has 0 radical (unpaired) electrons. The summed E-state index contributed by atoms with van der Waals surface area (Å²) in [5.74, 6) is -1.51. The van der Waals surface area contributed by atoms with Crippen LogP contribution in [0.15, 0.2) is 28.7 Å². The molecule has 0 unspecified atom stereocenters. The maximum atomic E-state index is 11.9. The van der Waals surface area contributed by atoms with Gasteiger partial charge in [-0.3, -0.25) is 9.89 Å². The van der Waals surface area contributed by atoms with E-state index in [1.807, 2.05) is 0 Å². The van der Waals surface area contributed by atoms with Crippen molar-refractivity contribution in [3.8, 4) is 0 Å². The first-order chi connectivity index (χ1) is 9.50. The molecule has 3 N–H and O–H groups in total. The summed E-state index contributed by atoms with van der Waals surface area (Å²) in [4.78, 5) is 22.8. The minimum absolute atomic E-state index is 0.102. The molecule has 0 atom stereocenters. The predicted octanol–water partition coefficient (Wildman–Crippen LogP) is 2.45. The van der Waals surface area contributed by atoms with Crippen molar-refractivity contribution in [1.82, 2.24) is 15.5 Å². The van der Waals surface area contributed by atoms with Crippen molar-refractivity contribution >= 4 is 39.4 Å². The van der Waals surface area contributed by atoms with Crippen molar-refractivity contribution in [2.75, 3.05) is 0 Å². The highest BCUT2D eigenvalue weighted by Crippen LogP contribution is 2.19. The number of carbonyl (C=O) groups is 2. The number of carboxylic acids is 1. The van der Waals surface area contributed by atoms with Gasteiger partial charge < -0.3 is 10.4 Å². The standard InChI is InChI=1S/C12H9BrClN3O3/c13-9-8(16-17-10(9)12(19)20)5-15-11(18)6-3-1-2-4-7(6)14/h1-4H,5H2,(H,15,18)(H,16,17)(H,19,20). The number of nitrogens with one attached hydrogen (secondary N) is 2. The number of hydrogen-bond donors (Lipinski definition) is 3. The van der Waals surface area contributed by atoms with Gasteiger partial charge in [0, 0.05) is 0 Å². The number of H-pyrrole nitrogens is 1. The van der Waals surface area contributed by atoms with Crippen LogP contribution in [0.4, 0.5) is 0 Å². The molecule has 0 aliphatic heterocycles. The van der Waals surface area contributed by atoms with Crippen LogP contribution in [0.1, 0.15) is 26.5 Å². The van der Waals surface area contributed by atoms with Gasteiger partial charge in [-0.2, -0.15) is 5.10 Å². The molecule has 0 saturated carbocycles. The van der Waals surface area contributed by atoms with Crippen LogP contribution < -0.4 is 5.32 Å². The average Bonchev–Trinajstić information content (AvgIpc) is 2.78. The molecule has 104 valence electrons. The molecule has 0 spiro atoms. The van der Waals surface area contributed by atoms with Crippen LogP contribution in [0.2, 0.25) is 5.02 Å². The van der Waals surface area contributed by atoms with Crippen LogP contribution in [-0.4, -0.2) is 27.2 Å². The van der Waals surface area contributed by atoms with Crippen molar-refractivity contribution in [2.45, 2.75) is 6.54 Å². The van der Waals surface area contributed by atoms with Gasteiger partial charge in [0.25, 0.3) is 5.91 Å². The number of amides is 1. The zero-order valence-corrected chi connectivity index (χ0v) is 12.3. The average molecular weight is 359 g/mol. The SMILES string of the molecule is O=C(NCc1[nH]nc(C(=O)O)c1Br)c1ccccc1Cl. The number of hydrogen-bond acceptors (Lipinski definition) is 3. The lowest BCUT2D eigenvalue weighted by atomic mass is 10.2. The Labute approximate surface area is 127 Å². The maximum Gasteiger partial charge on any atom is 0.357 e. The molecule has 2 rings (SSSR count). The lowest BCUT2D eigenvalue weighted by Gasteiger charge is -2.05. The van der Waals surface area contributed by atoms with E-state index in [1.165, 1.54) is 0 Å². The second kappa shape index (κ2) is 6.06. The number of aromatic nitrogens is 2. The van der Waals surface area contributed by atoms with Gasteiger partial charge >= 0.3 is 5.97 Å². The number of aromatic amines is 1. The smallest absolute Gasteiger partial charge is 0.357 e. The third-order valence-corrected chi connectivity index (χ3v) is 3.71. The highest BCUT2D eigenvalue weighted by molar-refractivity contribution is 9.10. The van der Waals surface area contributed by atoms with E-state index < -0.39 is 5.97 Å². The van der Waals surface area contributed by atoms with E-state index >= 15 is 0 Å². The molecular weight excluding hydrogens is 350 g/mol. The number of aromatic carboxylic acids is 1. The van der Waals surface area contributed by atoms with Gasteiger partial charge in [0.05, 0.1) is 27.3 Å². The monoisotopic (exact) mass is 357 g/mol. The van der Waals surface area contributed by atoms with Gasteiger partial charge in [0.2, 0.25) is 0 Å². The summed E-state index contributed by atoms with van der Waals surface area (Å²) < 4.78 is 0.310. The largest absolute Gasteiger partial charge is 0.476 e. The number of nitrogens with zero attached hydrogens (tertiary/aromatic N) is 1. The summed E-state index contributed by atoms with van der Waals surface area (Å²) in [6.07, 6.45) is 0. The molecule has 8 heteroatoms. The van der Waals surface area contributed by atoms with Crippen LogP contribution in [0.5, 0.6) is 0 Å². The second-order valence-corrected chi connectivity index (χ2v) is 5.03. The van der Waals surface area contributed by atoms with Crippen LogP contribution in [-0.2, 0) is 6.54 Å². The molecule has 0 bridgehead atoms. The summed E-state index contributed by atoms with van der Waals surface area (Å²) in [7, 11) is 0. The molecule has 20 heavy (non-hydrogen) atoms. The van der Waals surface area contributed by atoms with Gasteiger partial charge in [0.15, 0.2) is 5.69 Å². The third-order valence-electron chi connectivity index (χ3n) is 2.52. The van der Waals surface area contributed by atoms with E-state index in [4.69, 9.17) is 16.7 Å². The maximum absolute atomic E-state index is 11.9. The summed E-state index contributed by atoms with van der Waals surface area (Å²) in [6, 6.07) is 6.65. The van der Waals surface area contributed by atoms with Crippen LogP contribution >= 0.6 is 27.5 Å². The van der Waals surface area contributed by atoms with Crippen molar-refractivity contribution in [3.05, 3.63) is 50.7 Å². The first kappa shape index (κ1) is 14.5.